The van der Waals surface area contributed by atoms with Crippen molar-refractivity contribution in [2.45, 2.75) is 18.8 Å². The molecule has 5 nitrogen and oxygen atoms in total. The molecule has 0 aliphatic carbocycles. The molecule has 1 fully saturated rings. The molecule has 3 aromatic carbocycles. The first-order chi connectivity index (χ1) is 15.5. The highest BCUT2D eigenvalue weighted by molar-refractivity contribution is 6.02. The third-order valence-electron chi connectivity index (χ3n) is 6.12. The van der Waals surface area contributed by atoms with Crippen LogP contribution in [-0.4, -0.2) is 34.0 Å². The molecule has 0 amide bonds. The fourth-order valence-electron chi connectivity index (χ4n) is 4.64. The first-order valence-electron chi connectivity index (χ1n) is 10.6. The number of carbonyl (C=O) groups is 1. The van der Waals surface area contributed by atoms with Crippen LogP contribution in [0, 0.1) is 5.82 Å². The van der Waals surface area contributed by atoms with E-state index in [2.05, 4.69) is 0 Å². The second kappa shape index (κ2) is 8.13. The Kier molecular flexibility index (Phi) is 5.15. The van der Waals surface area contributed by atoms with Crippen LogP contribution < -0.4 is 0 Å². The summed E-state index contributed by atoms with van der Waals surface area (Å²) in [6, 6.07) is 18.4. The maximum absolute atomic E-state index is 13.7. The van der Waals surface area contributed by atoms with Crippen molar-refractivity contribution >= 4 is 16.9 Å². The molecule has 2 heterocycles. The monoisotopic (exact) mass is 431 g/mol. The van der Waals surface area contributed by atoms with Crippen LogP contribution in [-0.2, 0) is 4.74 Å². The van der Waals surface area contributed by atoms with Crippen LogP contribution >= 0.6 is 0 Å². The Hall–Kier alpha value is -3.64. The third kappa shape index (κ3) is 3.42. The number of hydrogen-bond donors (Lipinski definition) is 2. The van der Waals surface area contributed by atoms with Crippen LogP contribution in [0.15, 0.2) is 66.7 Å². The third-order valence-corrected chi connectivity index (χ3v) is 6.12. The number of para-hydroxylation sites is 1. The Bertz CT molecular complexity index is 1290. The zero-order chi connectivity index (χ0) is 22.2. The van der Waals surface area contributed by atoms with Gasteiger partial charge in [-0.05, 0) is 60.9 Å². The number of aromatic nitrogens is 1. The van der Waals surface area contributed by atoms with Gasteiger partial charge in [-0.25, -0.2) is 9.18 Å². The van der Waals surface area contributed by atoms with Gasteiger partial charge in [-0.1, -0.05) is 24.3 Å². The molecule has 1 aliphatic heterocycles. The largest absolute Gasteiger partial charge is 0.506 e. The van der Waals surface area contributed by atoms with E-state index in [1.807, 2.05) is 10.6 Å². The van der Waals surface area contributed by atoms with Gasteiger partial charge in [-0.15, -0.1) is 0 Å². The summed E-state index contributed by atoms with van der Waals surface area (Å²) in [5.74, 6) is -1.01. The molecule has 0 spiro atoms. The van der Waals surface area contributed by atoms with Crippen LogP contribution in [0.2, 0.25) is 0 Å². The van der Waals surface area contributed by atoms with E-state index in [0.29, 0.717) is 18.7 Å². The number of fused-ring (bicyclic) bond motifs is 1. The van der Waals surface area contributed by atoms with E-state index in [4.69, 9.17) is 4.74 Å². The molecule has 0 saturated carbocycles. The van der Waals surface area contributed by atoms with Crippen molar-refractivity contribution < 1.29 is 24.1 Å². The zero-order valence-corrected chi connectivity index (χ0v) is 17.3. The van der Waals surface area contributed by atoms with E-state index in [9.17, 15) is 19.4 Å². The molecule has 0 radical (unpaired) electrons. The number of rotatable bonds is 4. The Balaban J connectivity index is 1.85. The van der Waals surface area contributed by atoms with Crippen LogP contribution in [0.25, 0.3) is 27.7 Å². The smallest absolute Gasteiger partial charge is 0.335 e. The van der Waals surface area contributed by atoms with E-state index in [1.54, 1.807) is 48.5 Å². The molecule has 2 N–H and O–H groups in total. The normalized spacial score (nSPS) is 14.7. The number of carboxylic acids is 1. The van der Waals surface area contributed by atoms with E-state index in [1.165, 1.54) is 12.1 Å². The molecule has 6 heteroatoms. The second-order valence-electron chi connectivity index (χ2n) is 8.01. The van der Waals surface area contributed by atoms with Gasteiger partial charge in [-0.2, -0.15) is 0 Å². The summed E-state index contributed by atoms with van der Waals surface area (Å²) in [6.45, 7) is 1.28. The summed E-state index contributed by atoms with van der Waals surface area (Å²) < 4.78 is 21.3. The van der Waals surface area contributed by atoms with Gasteiger partial charge in [0.05, 0.1) is 11.1 Å². The van der Waals surface area contributed by atoms with Gasteiger partial charge in [0.2, 0.25) is 0 Å². The lowest BCUT2D eigenvalue weighted by Crippen LogP contribution is -2.17. The number of aromatic hydroxyl groups is 1. The molecule has 1 aromatic heterocycles. The number of hydrogen-bond acceptors (Lipinski definition) is 3. The average Bonchev–Trinajstić information content (AvgIpc) is 3.17. The standard InChI is InChI=1S/C26H22FNO4/c27-19-8-4-16(5-9-19)23-21-2-1-3-22(29)25(21)28(24(23)17-12-14-32-15-13-17)20-10-6-18(7-11-20)26(30)31/h1-11,17,29H,12-15H2,(H,30,31). The second-order valence-corrected chi connectivity index (χ2v) is 8.01. The Labute approximate surface area is 184 Å². The van der Waals surface area contributed by atoms with Crippen LogP contribution in [0.3, 0.4) is 0 Å². The predicted molar refractivity (Wildman–Crippen MR) is 120 cm³/mol. The lowest BCUT2D eigenvalue weighted by Gasteiger charge is -2.26. The average molecular weight is 431 g/mol. The van der Waals surface area contributed by atoms with Gasteiger partial charge in [-0.3, -0.25) is 0 Å². The van der Waals surface area contributed by atoms with E-state index in [0.717, 1.165) is 40.7 Å². The van der Waals surface area contributed by atoms with Gasteiger partial charge in [0.25, 0.3) is 0 Å². The maximum Gasteiger partial charge on any atom is 0.335 e. The topological polar surface area (TPSA) is 71.7 Å². The van der Waals surface area contributed by atoms with E-state index >= 15 is 0 Å². The molecule has 0 bridgehead atoms. The maximum atomic E-state index is 13.7. The van der Waals surface area contributed by atoms with E-state index < -0.39 is 5.97 Å². The molecule has 32 heavy (non-hydrogen) atoms. The Morgan fingerprint density at radius 2 is 1.66 bits per heavy atom. The summed E-state index contributed by atoms with van der Waals surface area (Å²) in [4.78, 5) is 11.4. The number of aromatic carboxylic acids is 1. The number of phenols is 1. The van der Waals surface area contributed by atoms with Crippen molar-refractivity contribution in [1.82, 2.24) is 4.57 Å². The molecule has 1 saturated heterocycles. The zero-order valence-electron chi connectivity index (χ0n) is 17.3. The quantitative estimate of drug-likeness (QED) is 0.433. The number of benzene rings is 3. The SMILES string of the molecule is O=C(O)c1ccc(-n2c(C3CCOCC3)c(-c3ccc(F)cc3)c3cccc(O)c32)cc1. The lowest BCUT2D eigenvalue weighted by molar-refractivity contribution is 0.0697. The molecule has 4 aromatic rings. The van der Waals surface area contributed by atoms with Crippen molar-refractivity contribution in [3.05, 3.63) is 83.8 Å². The number of phenolic OH excluding ortho intramolecular Hbond substituents is 1. The van der Waals surface area contributed by atoms with Crippen molar-refractivity contribution in [1.29, 1.82) is 0 Å². The molecule has 0 atom stereocenters. The summed E-state index contributed by atoms with van der Waals surface area (Å²) >= 11 is 0. The summed E-state index contributed by atoms with van der Waals surface area (Å²) in [6.07, 6.45) is 1.64. The summed E-state index contributed by atoms with van der Waals surface area (Å²) in [7, 11) is 0. The van der Waals surface area contributed by atoms with Crippen LogP contribution in [0.4, 0.5) is 4.39 Å². The number of nitrogens with zero attached hydrogens (tertiary/aromatic N) is 1. The lowest BCUT2D eigenvalue weighted by atomic mass is 9.90. The highest BCUT2D eigenvalue weighted by Crippen LogP contribution is 2.45. The van der Waals surface area contributed by atoms with Gasteiger partial charge in [0, 0.05) is 41.5 Å². The van der Waals surface area contributed by atoms with Gasteiger partial charge in [0.15, 0.2) is 0 Å². The van der Waals surface area contributed by atoms with Crippen molar-refractivity contribution in [3.63, 3.8) is 0 Å². The molecule has 0 unspecified atom stereocenters. The fraction of sp³-hybridized carbons (Fsp3) is 0.192. The van der Waals surface area contributed by atoms with Gasteiger partial charge >= 0.3 is 5.97 Å². The minimum Gasteiger partial charge on any atom is -0.506 e. The van der Waals surface area contributed by atoms with Crippen molar-refractivity contribution in [2.75, 3.05) is 13.2 Å². The minimum absolute atomic E-state index is 0.131. The number of halogens is 1. The molecule has 5 rings (SSSR count). The predicted octanol–water partition coefficient (Wildman–Crippen LogP) is 5.73. The summed E-state index contributed by atoms with van der Waals surface area (Å²) in [5.41, 5.74) is 4.43. The van der Waals surface area contributed by atoms with Crippen molar-refractivity contribution in [3.8, 4) is 22.6 Å². The first-order valence-corrected chi connectivity index (χ1v) is 10.6. The van der Waals surface area contributed by atoms with E-state index in [-0.39, 0.29) is 23.0 Å². The molecular formula is C26H22FNO4. The van der Waals surface area contributed by atoms with Crippen LogP contribution in [0.1, 0.15) is 34.8 Å². The number of ether oxygens (including phenoxy) is 1. The highest BCUT2D eigenvalue weighted by atomic mass is 19.1. The highest BCUT2D eigenvalue weighted by Gasteiger charge is 2.28. The Morgan fingerprint density at radius 3 is 2.31 bits per heavy atom. The minimum atomic E-state index is -0.992. The first kappa shape index (κ1) is 20.3. The number of carboxylic acid groups (broad SMARTS) is 1. The molecule has 162 valence electrons. The van der Waals surface area contributed by atoms with Gasteiger partial charge in [0.1, 0.15) is 11.6 Å². The van der Waals surface area contributed by atoms with Crippen molar-refractivity contribution in [2.24, 2.45) is 0 Å². The van der Waals surface area contributed by atoms with Gasteiger partial charge < -0.3 is 19.5 Å². The Morgan fingerprint density at radius 1 is 0.969 bits per heavy atom. The van der Waals surface area contributed by atoms with Crippen LogP contribution in [0.5, 0.6) is 5.75 Å². The molecular weight excluding hydrogens is 409 g/mol. The molecule has 1 aliphatic rings. The fourth-order valence-corrected chi connectivity index (χ4v) is 4.64. The summed E-state index contributed by atoms with van der Waals surface area (Å²) in [5, 5.41) is 21.0.